The van der Waals surface area contributed by atoms with Crippen LogP contribution in [0.25, 0.3) is 0 Å². The number of hydrogen-bond acceptors (Lipinski definition) is 6. The minimum absolute atomic E-state index is 0.160. The highest BCUT2D eigenvalue weighted by Crippen LogP contribution is 2.32. The van der Waals surface area contributed by atoms with E-state index >= 15 is 0 Å². The Hall–Kier alpha value is -3.78. The number of ether oxygens (including phenoxy) is 2. The van der Waals surface area contributed by atoms with Gasteiger partial charge in [0.2, 0.25) is 0 Å². The number of amides is 2. The first kappa shape index (κ1) is 23.4. The maximum Gasteiger partial charge on any atom is 0.291 e. The largest absolute Gasteiger partial charge is 0.495 e. The van der Waals surface area contributed by atoms with E-state index in [0.29, 0.717) is 52.1 Å². The Morgan fingerprint density at radius 1 is 1.15 bits per heavy atom. The van der Waals surface area contributed by atoms with E-state index in [1.807, 2.05) is 18.2 Å². The van der Waals surface area contributed by atoms with Crippen LogP contribution in [0.1, 0.15) is 40.3 Å². The van der Waals surface area contributed by atoms with E-state index in [9.17, 15) is 9.59 Å². The van der Waals surface area contributed by atoms with Crippen LogP contribution in [-0.2, 0) is 11.2 Å². The molecule has 2 N–H and O–H groups in total. The lowest BCUT2D eigenvalue weighted by Gasteiger charge is -2.13. The normalized spacial score (nSPS) is 13.8. The van der Waals surface area contributed by atoms with Crippen molar-refractivity contribution in [1.29, 1.82) is 0 Å². The van der Waals surface area contributed by atoms with Gasteiger partial charge in [-0.2, -0.15) is 5.10 Å². The molecule has 0 atom stereocenters. The first-order chi connectivity index (χ1) is 16.5. The average Bonchev–Trinajstić information content (AvgIpc) is 3.19. The smallest absolute Gasteiger partial charge is 0.291 e. The number of hydrogen-bond donors (Lipinski definition) is 2. The number of carbonyl (C=O) groups excluding carboxylic acids is 2. The van der Waals surface area contributed by atoms with Crippen molar-refractivity contribution in [2.45, 2.75) is 26.2 Å². The predicted molar refractivity (Wildman–Crippen MR) is 129 cm³/mol. The summed E-state index contributed by atoms with van der Waals surface area (Å²) in [4.78, 5) is 25.2. The minimum Gasteiger partial charge on any atom is -0.495 e. The molecule has 0 unspecified atom stereocenters. The van der Waals surface area contributed by atoms with Crippen molar-refractivity contribution in [1.82, 2.24) is 5.43 Å². The van der Waals surface area contributed by atoms with E-state index in [1.54, 1.807) is 37.3 Å². The Balaban J connectivity index is 1.49. The number of methoxy groups -OCH3 is 1. The van der Waals surface area contributed by atoms with Gasteiger partial charge in [0.05, 0.1) is 18.5 Å². The number of rotatable bonds is 7. The van der Waals surface area contributed by atoms with Crippen LogP contribution in [-0.4, -0.2) is 31.2 Å². The van der Waals surface area contributed by atoms with Gasteiger partial charge in [0.1, 0.15) is 17.3 Å². The van der Waals surface area contributed by atoms with Crippen molar-refractivity contribution in [2.24, 2.45) is 5.10 Å². The van der Waals surface area contributed by atoms with Gasteiger partial charge in [0.25, 0.3) is 11.8 Å². The second kappa shape index (κ2) is 10.4. The van der Waals surface area contributed by atoms with Gasteiger partial charge in [-0.05, 0) is 50.1 Å². The standard InChI is InChI=1S/C25H24ClN3O5/c1-15-23-18(28-29-22(30)14-33-17-7-4-3-5-8-17)9-6-10-21(23)34-24(15)25(31)27-19-13-16(26)11-12-20(19)32-2/h3-5,7-8,11-13H,6,9-10,14H2,1-2H3,(H,27,31)(H,29,30)/b28-18+. The molecular formula is C25H24ClN3O5. The maximum atomic E-state index is 13.0. The number of para-hydroxylation sites is 1. The van der Waals surface area contributed by atoms with Crippen molar-refractivity contribution in [3.63, 3.8) is 0 Å². The summed E-state index contributed by atoms with van der Waals surface area (Å²) in [5, 5.41) is 7.56. The Kier molecular flexibility index (Phi) is 7.18. The fourth-order valence-electron chi connectivity index (χ4n) is 3.78. The molecule has 2 aromatic carbocycles. The molecule has 8 nitrogen and oxygen atoms in total. The Labute approximate surface area is 201 Å². The summed E-state index contributed by atoms with van der Waals surface area (Å²) in [6.07, 6.45) is 2.11. The molecule has 1 aliphatic carbocycles. The van der Waals surface area contributed by atoms with E-state index in [1.165, 1.54) is 7.11 Å². The molecule has 0 radical (unpaired) electrons. The third-order valence-corrected chi connectivity index (χ3v) is 5.61. The van der Waals surface area contributed by atoms with Crippen LogP contribution in [0.2, 0.25) is 5.02 Å². The summed E-state index contributed by atoms with van der Waals surface area (Å²) in [6, 6.07) is 14.0. The third-order valence-electron chi connectivity index (χ3n) is 5.37. The van der Waals surface area contributed by atoms with Gasteiger partial charge in [-0.3, -0.25) is 9.59 Å². The summed E-state index contributed by atoms with van der Waals surface area (Å²) in [5.74, 6) is 1.13. The van der Waals surface area contributed by atoms with Crippen molar-refractivity contribution in [2.75, 3.05) is 19.0 Å². The number of anilines is 1. The van der Waals surface area contributed by atoms with E-state index < -0.39 is 5.91 Å². The van der Waals surface area contributed by atoms with Gasteiger partial charge in [-0.1, -0.05) is 29.8 Å². The van der Waals surface area contributed by atoms with E-state index in [2.05, 4.69) is 15.8 Å². The molecule has 1 aromatic heterocycles. The summed E-state index contributed by atoms with van der Waals surface area (Å²) in [6.45, 7) is 1.64. The van der Waals surface area contributed by atoms with Crippen LogP contribution in [0.4, 0.5) is 5.69 Å². The Morgan fingerprint density at radius 2 is 1.94 bits per heavy atom. The molecule has 1 aliphatic rings. The highest BCUT2D eigenvalue weighted by Gasteiger charge is 2.28. The predicted octanol–water partition coefficient (Wildman–Crippen LogP) is 4.74. The molecule has 0 fully saturated rings. The molecule has 0 saturated carbocycles. The third kappa shape index (κ3) is 5.23. The lowest BCUT2D eigenvalue weighted by Crippen LogP contribution is -2.27. The second-order valence-corrected chi connectivity index (χ2v) is 8.14. The molecule has 1 heterocycles. The SMILES string of the molecule is COc1ccc(Cl)cc1NC(=O)c1oc2c(c1C)/C(=N/NC(=O)COc1ccccc1)CCC2. The molecule has 0 bridgehead atoms. The summed E-state index contributed by atoms with van der Waals surface area (Å²) < 4.78 is 16.7. The number of carbonyl (C=O) groups is 2. The van der Waals surface area contributed by atoms with E-state index in [-0.39, 0.29) is 18.3 Å². The van der Waals surface area contributed by atoms with Gasteiger partial charge < -0.3 is 19.2 Å². The number of benzene rings is 2. The van der Waals surface area contributed by atoms with Crippen LogP contribution in [0.5, 0.6) is 11.5 Å². The summed E-state index contributed by atoms with van der Waals surface area (Å²) in [7, 11) is 1.51. The Morgan fingerprint density at radius 3 is 2.71 bits per heavy atom. The van der Waals surface area contributed by atoms with Crippen LogP contribution >= 0.6 is 11.6 Å². The van der Waals surface area contributed by atoms with Crippen molar-refractivity contribution < 1.29 is 23.5 Å². The number of furan rings is 1. The van der Waals surface area contributed by atoms with Crippen molar-refractivity contribution in [3.05, 3.63) is 76.2 Å². The average molecular weight is 482 g/mol. The first-order valence-corrected chi connectivity index (χ1v) is 11.1. The fraction of sp³-hybridized carbons (Fsp3) is 0.240. The molecular weight excluding hydrogens is 458 g/mol. The molecule has 4 rings (SSSR count). The zero-order valence-electron chi connectivity index (χ0n) is 18.8. The molecule has 0 aliphatic heterocycles. The number of fused-ring (bicyclic) bond motifs is 1. The highest BCUT2D eigenvalue weighted by atomic mass is 35.5. The second-order valence-electron chi connectivity index (χ2n) is 7.70. The van der Waals surface area contributed by atoms with Crippen molar-refractivity contribution in [3.8, 4) is 11.5 Å². The lowest BCUT2D eigenvalue weighted by atomic mass is 9.93. The van der Waals surface area contributed by atoms with Gasteiger partial charge in [-0.25, -0.2) is 5.43 Å². The van der Waals surface area contributed by atoms with Gasteiger partial charge >= 0.3 is 0 Å². The summed E-state index contributed by atoms with van der Waals surface area (Å²) in [5.41, 5.74) is 5.04. The van der Waals surface area contributed by atoms with E-state index in [4.69, 9.17) is 25.5 Å². The molecule has 0 spiro atoms. The summed E-state index contributed by atoms with van der Waals surface area (Å²) >= 11 is 6.06. The van der Waals surface area contributed by atoms with Crippen LogP contribution in [0, 0.1) is 6.92 Å². The first-order valence-electron chi connectivity index (χ1n) is 10.8. The zero-order chi connectivity index (χ0) is 24.1. The molecule has 9 heteroatoms. The molecule has 2 amide bonds. The maximum absolute atomic E-state index is 13.0. The molecule has 176 valence electrons. The monoisotopic (exact) mass is 481 g/mol. The van der Waals surface area contributed by atoms with Gasteiger partial charge in [0, 0.05) is 22.6 Å². The molecule has 34 heavy (non-hydrogen) atoms. The minimum atomic E-state index is -0.424. The van der Waals surface area contributed by atoms with Crippen LogP contribution in [0.3, 0.4) is 0 Å². The van der Waals surface area contributed by atoms with Crippen LogP contribution in [0.15, 0.2) is 58.0 Å². The highest BCUT2D eigenvalue weighted by molar-refractivity contribution is 6.31. The Bertz CT molecular complexity index is 1240. The number of nitrogens with zero attached hydrogens (tertiary/aromatic N) is 1. The number of nitrogens with one attached hydrogen (secondary N) is 2. The lowest BCUT2D eigenvalue weighted by molar-refractivity contribution is -0.123. The number of halogens is 1. The van der Waals surface area contributed by atoms with Gasteiger partial charge in [0.15, 0.2) is 12.4 Å². The van der Waals surface area contributed by atoms with Crippen molar-refractivity contribution >= 4 is 34.8 Å². The fourth-order valence-corrected chi connectivity index (χ4v) is 3.95. The topological polar surface area (TPSA) is 102 Å². The van der Waals surface area contributed by atoms with Crippen LogP contribution < -0.4 is 20.2 Å². The number of aryl methyl sites for hydroxylation is 1. The quantitative estimate of drug-likeness (QED) is 0.474. The number of hydrazone groups is 1. The van der Waals surface area contributed by atoms with E-state index in [0.717, 1.165) is 12.0 Å². The van der Waals surface area contributed by atoms with Gasteiger partial charge in [-0.15, -0.1) is 0 Å². The molecule has 0 saturated heterocycles. The zero-order valence-corrected chi connectivity index (χ0v) is 19.6. The molecule has 3 aromatic rings.